The van der Waals surface area contributed by atoms with Crippen LogP contribution in [0.15, 0.2) is 18.2 Å². The van der Waals surface area contributed by atoms with Crippen LogP contribution in [0.5, 0.6) is 0 Å². The number of nitrogens with zero attached hydrogens (tertiary/aromatic N) is 2. The van der Waals surface area contributed by atoms with Crippen molar-refractivity contribution in [1.29, 1.82) is 0 Å². The Hall–Kier alpha value is -2.88. The van der Waals surface area contributed by atoms with E-state index >= 15 is 0 Å². The Morgan fingerprint density at radius 1 is 1.55 bits per heavy atom. The van der Waals surface area contributed by atoms with E-state index in [1.165, 1.54) is 12.1 Å². The van der Waals surface area contributed by atoms with E-state index in [1.54, 1.807) is 0 Å². The number of amides is 1. The molecule has 20 heavy (non-hydrogen) atoms. The molecule has 7 nitrogen and oxygen atoms in total. The molecule has 1 fully saturated rings. The molecule has 2 rings (SSSR count). The van der Waals surface area contributed by atoms with Crippen molar-refractivity contribution >= 4 is 23.3 Å². The molecule has 0 spiro atoms. The third-order valence-electron chi connectivity index (χ3n) is 3.07. The molecule has 7 heteroatoms. The molecule has 1 aromatic rings. The van der Waals surface area contributed by atoms with Crippen LogP contribution in [0, 0.1) is 28.4 Å². The highest BCUT2D eigenvalue weighted by Crippen LogP contribution is 2.35. The Morgan fingerprint density at radius 2 is 2.25 bits per heavy atom. The normalized spacial score (nSPS) is 17.9. The van der Waals surface area contributed by atoms with Crippen molar-refractivity contribution in [2.75, 3.05) is 11.4 Å². The molecular weight excluding hydrogens is 264 g/mol. The van der Waals surface area contributed by atoms with Gasteiger partial charge < -0.3 is 10.0 Å². The second-order valence-electron chi connectivity index (χ2n) is 4.31. The summed E-state index contributed by atoms with van der Waals surface area (Å²) in [5.74, 6) is 0.295. The van der Waals surface area contributed by atoms with Crippen LogP contribution in [-0.2, 0) is 4.79 Å². The molecule has 1 N–H and O–H groups in total. The molecule has 1 aliphatic heterocycles. The van der Waals surface area contributed by atoms with Gasteiger partial charge in [-0.3, -0.25) is 14.9 Å². The van der Waals surface area contributed by atoms with Crippen molar-refractivity contribution in [3.63, 3.8) is 0 Å². The highest BCUT2D eigenvalue weighted by Gasteiger charge is 2.36. The number of nitro groups is 1. The number of carbonyl (C=O) groups excluding carboxylic acids is 1. The van der Waals surface area contributed by atoms with Crippen molar-refractivity contribution < 1.29 is 19.6 Å². The van der Waals surface area contributed by atoms with Crippen LogP contribution >= 0.6 is 0 Å². The van der Waals surface area contributed by atoms with Crippen molar-refractivity contribution in [2.45, 2.75) is 6.42 Å². The van der Waals surface area contributed by atoms with Gasteiger partial charge in [0.05, 0.1) is 10.5 Å². The number of anilines is 1. The third kappa shape index (κ3) is 2.19. The first-order valence-electron chi connectivity index (χ1n) is 5.73. The molecule has 1 saturated heterocycles. The second kappa shape index (κ2) is 5.01. The van der Waals surface area contributed by atoms with Gasteiger partial charge in [0, 0.05) is 24.9 Å². The van der Waals surface area contributed by atoms with Crippen molar-refractivity contribution in [1.82, 2.24) is 0 Å². The van der Waals surface area contributed by atoms with Crippen LogP contribution in [0.4, 0.5) is 11.4 Å². The van der Waals surface area contributed by atoms with Crippen molar-refractivity contribution in [3.05, 3.63) is 33.9 Å². The Labute approximate surface area is 114 Å². The largest absolute Gasteiger partial charge is 0.478 e. The molecule has 102 valence electrons. The smallest absolute Gasteiger partial charge is 0.338 e. The summed E-state index contributed by atoms with van der Waals surface area (Å²) in [6.45, 7) is 0.0838. The van der Waals surface area contributed by atoms with Gasteiger partial charge in [0.2, 0.25) is 5.91 Å². The minimum Gasteiger partial charge on any atom is -0.478 e. The van der Waals surface area contributed by atoms with E-state index in [1.807, 2.05) is 0 Å². The summed E-state index contributed by atoms with van der Waals surface area (Å²) in [4.78, 5) is 34.5. The third-order valence-corrected chi connectivity index (χ3v) is 3.07. The van der Waals surface area contributed by atoms with Gasteiger partial charge in [-0.2, -0.15) is 0 Å². The van der Waals surface area contributed by atoms with E-state index in [0.29, 0.717) is 0 Å². The lowest BCUT2D eigenvalue weighted by Crippen LogP contribution is -2.27. The molecule has 0 aromatic heterocycles. The number of nitro benzene ring substituents is 1. The minimum atomic E-state index is -1.33. The first-order valence-corrected chi connectivity index (χ1v) is 5.73. The number of benzene rings is 1. The SMILES string of the molecule is C#CC1CC(=O)N(c2c(C(=O)O)cccc2[N+](=O)[O-])C1. The van der Waals surface area contributed by atoms with Crippen molar-refractivity contribution in [3.8, 4) is 12.3 Å². The Bertz CT molecular complexity index is 614. The zero-order valence-electron chi connectivity index (χ0n) is 10.3. The van der Waals surface area contributed by atoms with E-state index in [9.17, 15) is 19.7 Å². The van der Waals surface area contributed by atoms with Gasteiger partial charge in [-0.15, -0.1) is 12.3 Å². The maximum absolute atomic E-state index is 11.9. The Morgan fingerprint density at radius 3 is 2.75 bits per heavy atom. The minimum absolute atomic E-state index is 0.0572. The van der Waals surface area contributed by atoms with E-state index in [0.717, 1.165) is 11.0 Å². The summed E-state index contributed by atoms with van der Waals surface area (Å²) in [6, 6.07) is 3.66. The average Bonchev–Trinajstić information content (AvgIpc) is 2.78. The molecule has 1 amide bonds. The topological polar surface area (TPSA) is 101 Å². The molecule has 0 bridgehead atoms. The predicted molar refractivity (Wildman–Crippen MR) is 69.3 cm³/mol. The quantitative estimate of drug-likeness (QED) is 0.508. The average molecular weight is 274 g/mol. The molecule has 0 aliphatic carbocycles. The van der Waals surface area contributed by atoms with Gasteiger partial charge in [0.1, 0.15) is 5.69 Å². The van der Waals surface area contributed by atoms with Gasteiger partial charge in [-0.25, -0.2) is 4.79 Å². The Kier molecular flexibility index (Phi) is 3.39. The number of aromatic carboxylic acids is 1. The van der Waals surface area contributed by atoms with Crippen molar-refractivity contribution in [2.24, 2.45) is 5.92 Å². The van der Waals surface area contributed by atoms with Crippen LogP contribution < -0.4 is 4.90 Å². The summed E-state index contributed by atoms with van der Waals surface area (Å²) in [5, 5.41) is 20.2. The van der Waals surface area contributed by atoms with Gasteiger partial charge in [0.25, 0.3) is 5.69 Å². The monoisotopic (exact) mass is 274 g/mol. The standard InChI is InChI=1S/C13H10N2O5/c1-2-8-6-11(16)14(7-8)12-9(13(17)18)4-3-5-10(12)15(19)20/h1,3-5,8H,6-7H2,(H,17,18). The van der Waals surface area contributed by atoms with E-state index < -0.39 is 22.5 Å². The lowest BCUT2D eigenvalue weighted by Gasteiger charge is -2.18. The summed E-state index contributed by atoms with van der Waals surface area (Å²) in [7, 11) is 0. The van der Waals surface area contributed by atoms with Crippen LogP contribution in [0.3, 0.4) is 0 Å². The summed E-state index contributed by atoms with van der Waals surface area (Å²) >= 11 is 0. The Balaban J connectivity index is 2.60. The van der Waals surface area contributed by atoms with Crippen LogP contribution in [-0.4, -0.2) is 28.5 Å². The molecule has 1 aliphatic rings. The fourth-order valence-corrected chi connectivity index (χ4v) is 2.17. The summed E-state index contributed by atoms with van der Waals surface area (Å²) in [5.41, 5.74) is -0.908. The van der Waals surface area contributed by atoms with Gasteiger partial charge in [-0.05, 0) is 6.07 Å². The van der Waals surface area contributed by atoms with E-state index in [-0.39, 0.29) is 30.1 Å². The van der Waals surface area contributed by atoms with Gasteiger partial charge in [-0.1, -0.05) is 6.07 Å². The summed E-state index contributed by atoms with van der Waals surface area (Å²) in [6.07, 6.45) is 5.31. The van der Waals surface area contributed by atoms with Gasteiger partial charge in [0.15, 0.2) is 0 Å². The fourth-order valence-electron chi connectivity index (χ4n) is 2.17. The zero-order valence-corrected chi connectivity index (χ0v) is 10.3. The molecule has 0 radical (unpaired) electrons. The van der Waals surface area contributed by atoms with Crippen LogP contribution in [0.25, 0.3) is 0 Å². The molecule has 1 heterocycles. The molecule has 1 unspecified atom stereocenters. The number of carbonyl (C=O) groups is 2. The van der Waals surface area contributed by atoms with Gasteiger partial charge >= 0.3 is 5.97 Å². The number of hydrogen-bond acceptors (Lipinski definition) is 4. The number of terminal acetylenes is 1. The fraction of sp³-hybridized carbons (Fsp3) is 0.231. The zero-order chi connectivity index (χ0) is 14.9. The maximum atomic E-state index is 11.9. The highest BCUT2D eigenvalue weighted by molar-refractivity contribution is 6.05. The molecule has 1 atom stereocenters. The first-order chi connectivity index (χ1) is 9.45. The predicted octanol–water partition coefficient (Wildman–Crippen LogP) is 1.28. The number of para-hydroxylation sites is 1. The number of hydrogen-bond donors (Lipinski definition) is 1. The maximum Gasteiger partial charge on any atom is 0.338 e. The van der Waals surface area contributed by atoms with Crippen LogP contribution in [0.1, 0.15) is 16.8 Å². The second-order valence-corrected chi connectivity index (χ2v) is 4.31. The van der Waals surface area contributed by atoms with Crippen LogP contribution in [0.2, 0.25) is 0 Å². The lowest BCUT2D eigenvalue weighted by atomic mass is 10.1. The summed E-state index contributed by atoms with van der Waals surface area (Å²) < 4.78 is 0. The number of carboxylic acids is 1. The highest BCUT2D eigenvalue weighted by atomic mass is 16.6. The number of carboxylic acid groups (broad SMARTS) is 1. The first kappa shape index (κ1) is 13.5. The van der Waals surface area contributed by atoms with E-state index in [2.05, 4.69) is 5.92 Å². The lowest BCUT2D eigenvalue weighted by molar-refractivity contribution is -0.384. The number of rotatable bonds is 3. The molecule has 1 aromatic carbocycles. The molecule has 0 saturated carbocycles. The molecular formula is C13H10N2O5. The van der Waals surface area contributed by atoms with E-state index in [4.69, 9.17) is 11.5 Å².